The van der Waals surface area contributed by atoms with E-state index in [0.717, 1.165) is 12.1 Å². The maximum Gasteiger partial charge on any atom is 0.416 e. The van der Waals surface area contributed by atoms with E-state index in [-0.39, 0.29) is 18.9 Å². The van der Waals surface area contributed by atoms with Crippen LogP contribution < -0.4 is 15.5 Å². The van der Waals surface area contributed by atoms with Gasteiger partial charge in [-0.2, -0.15) is 13.2 Å². The molecule has 0 radical (unpaired) electrons. The molecule has 1 aliphatic heterocycles. The number of rotatable bonds is 4. The van der Waals surface area contributed by atoms with Crippen molar-refractivity contribution in [3.05, 3.63) is 59.7 Å². The van der Waals surface area contributed by atoms with E-state index in [1.807, 2.05) is 6.07 Å². The zero-order chi connectivity index (χ0) is 20.1. The molecule has 2 aromatic carbocycles. The van der Waals surface area contributed by atoms with Gasteiger partial charge in [-0.3, -0.25) is 4.79 Å². The number of halogens is 3. The highest BCUT2D eigenvalue weighted by Gasteiger charge is 2.32. The van der Waals surface area contributed by atoms with E-state index in [1.165, 1.54) is 11.0 Å². The van der Waals surface area contributed by atoms with E-state index in [0.29, 0.717) is 36.3 Å². The lowest BCUT2D eigenvalue weighted by molar-refractivity contribution is -0.137. The minimum absolute atomic E-state index is 0.0582. The van der Waals surface area contributed by atoms with Crippen molar-refractivity contribution in [1.29, 1.82) is 0 Å². The zero-order valence-corrected chi connectivity index (χ0v) is 15.1. The van der Waals surface area contributed by atoms with Gasteiger partial charge in [-0.15, -0.1) is 0 Å². The molecule has 0 unspecified atom stereocenters. The van der Waals surface area contributed by atoms with Crippen molar-refractivity contribution < 1.29 is 22.8 Å². The predicted molar refractivity (Wildman–Crippen MR) is 100 cm³/mol. The lowest BCUT2D eigenvalue weighted by atomic mass is 9.98. The van der Waals surface area contributed by atoms with Gasteiger partial charge in [-0.05, 0) is 48.7 Å². The normalized spacial score (nSPS) is 13.6. The number of hydrogen-bond acceptors (Lipinski definition) is 2. The van der Waals surface area contributed by atoms with Crippen LogP contribution in [0.25, 0.3) is 0 Å². The number of hydrogen-bond donors (Lipinski definition) is 2. The molecule has 5 nitrogen and oxygen atoms in total. The standard InChI is InChI=1S/C20H20F3N3O2/c21-20(22,23)15-8-9-17-14(13-15)5-4-12-26(17)18(27)10-11-24-19(28)25-16-6-2-1-3-7-16/h1-3,6-9,13H,4-5,10-12H2,(H2,24,25,28). The maximum absolute atomic E-state index is 12.9. The molecule has 2 N–H and O–H groups in total. The second-order valence-electron chi connectivity index (χ2n) is 6.49. The minimum Gasteiger partial charge on any atom is -0.337 e. The Hall–Kier alpha value is -3.03. The molecule has 2 aromatic rings. The number of urea groups is 1. The number of carbonyl (C=O) groups is 2. The number of nitrogens with zero attached hydrogens (tertiary/aromatic N) is 1. The van der Waals surface area contributed by atoms with Crippen LogP contribution in [-0.4, -0.2) is 25.0 Å². The highest BCUT2D eigenvalue weighted by atomic mass is 19.4. The molecule has 0 saturated carbocycles. The second-order valence-corrected chi connectivity index (χ2v) is 6.49. The molecule has 0 atom stereocenters. The molecule has 0 fully saturated rings. The topological polar surface area (TPSA) is 61.4 Å². The van der Waals surface area contributed by atoms with Gasteiger partial charge in [0.2, 0.25) is 5.91 Å². The van der Waals surface area contributed by atoms with Gasteiger partial charge in [0.05, 0.1) is 5.56 Å². The lowest BCUT2D eigenvalue weighted by Crippen LogP contribution is -2.38. The van der Waals surface area contributed by atoms with Crippen molar-refractivity contribution in [3.8, 4) is 0 Å². The van der Waals surface area contributed by atoms with Gasteiger partial charge in [0.25, 0.3) is 0 Å². The van der Waals surface area contributed by atoms with Crippen molar-refractivity contribution in [1.82, 2.24) is 5.32 Å². The van der Waals surface area contributed by atoms with Crippen LogP contribution in [0, 0.1) is 0 Å². The Morgan fingerprint density at radius 2 is 1.82 bits per heavy atom. The van der Waals surface area contributed by atoms with Crippen molar-refractivity contribution in [2.24, 2.45) is 0 Å². The Labute approximate surface area is 160 Å². The average Bonchev–Trinajstić information content (AvgIpc) is 2.67. The third kappa shape index (κ3) is 4.82. The van der Waals surface area contributed by atoms with Gasteiger partial charge in [-0.25, -0.2) is 4.79 Å². The van der Waals surface area contributed by atoms with Crippen molar-refractivity contribution in [2.45, 2.75) is 25.4 Å². The van der Waals surface area contributed by atoms with Crippen LogP contribution >= 0.6 is 0 Å². The number of benzene rings is 2. The molecule has 1 aliphatic rings. The Morgan fingerprint density at radius 1 is 1.07 bits per heavy atom. The molecule has 0 saturated heterocycles. The van der Waals surface area contributed by atoms with Gasteiger partial charge < -0.3 is 15.5 Å². The summed E-state index contributed by atoms with van der Waals surface area (Å²) in [5, 5.41) is 5.26. The van der Waals surface area contributed by atoms with Crippen molar-refractivity contribution in [2.75, 3.05) is 23.3 Å². The molecule has 0 aromatic heterocycles. The van der Waals surface area contributed by atoms with Crippen LogP contribution in [0.3, 0.4) is 0 Å². The summed E-state index contributed by atoms with van der Waals surface area (Å²) in [7, 11) is 0. The van der Waals surface area contributed by atoms with E-state index < -0.39 is 17.8 Å². The van der Waals surface area contributed by atoms with Gasteiger partial charge in [0.1, 0.15) is 0 Å². The molecule has 0 bridgehead atoms. The first-order valence-corrected chi connectivity index (χ1v) is 8.95. The fraction of sp³-hybridized carbons (Fsp3) is 0.300. The predicted octanol–water partition coefficient (Wildman–Crippen LogP) is 4.20. The monoisotopic (exact) mass is 391 g/mol. The largest absolute Gasteiger partial charge is 0.416 e. The summed E-state index contributed by atoms with van der Waals surface area (Å²) in [6, 6.07) is 11.9. The molecule has 0 spiro atoms. The lowest BCUT2D eigenvalue weighted by Gasteiger charge is -2.30. The second kappa shape index (κ2) is 8.33. The van der Waals surface area contributed by atoms with Gasteiger partial charge in [-0.1, -0.05) is 18.2 Å². The maximum atomic E-state index is 12.9. The molecular formula is C20H20F3N3O2. The van der Waals surface area contributed by atoms with E-state index >= 15 is 0 Å². The van der Waals surface area contributed by atoms with E-state index in [1.54, 1.807) is 24.3 Å². The number of fused-ring (bicyclic) bond motifs is 1. The van der Waals surface area contributed by atoms with Crippen LogP contribution in [0.2, 0.25) is 0 Å². The summed E-state index contributed by atoms with van der Waals surface area (Å²) in [4.78, 5) is 25.9. The number of aryl methyl sites for hydroxylation is 1. The number of alkyl halides is 3. The SMILES string of the molecule is O=C(NCCC(=O)N1CCCc2cc(C(F)(F)F)ccc21)Nc1ccccc1. The Kier molecular flexibility index (Phi) is 5.87. The number of nitrogens with one attached hydrogen (secondary N) is 2. The summed E-state index contributed by atoms with van der Waals surface area (Å²) < 4.78 is 38.7. The molecule has 0 aliphatic carbocycles. The summed E-state index contributed by atoms with van der Waals surface area (Å²) in [5.41, 5.74) is 0.957. The number of anilines is 2. The van der Waals surface area contributed by atoms with Gasteiger partial charge >= 0.3 is 12.2 Å². The highest BCUT2D eigenvalue weighted by molar-refractivity contribution is 5.95. The third-order valence-corrected chi connectivity index (χ3v) is 4.48. The van der Waals surface area contributed by atoms with E-state index in [9.17, 15) is 22.8 Å². The molecule has 28 heavy (non-hydrogen) atoms. The first-order chi connectivity index (χ1) is 13.3. The molecular weight excluding hydrogens is 371 g/mol. The Bertz CT molecular complexity index is 854. The minimum atomic E-state index is -4.41. The summed E-state index contributed by atoms with van der Waals surface area (Å²) in [6.07, 6.45) is -3.25. The van der Waals surface area contributed by atoms with Crippen molar-refractivity contribution >= 4 is 23.3 Å². The van der Waals surface area contributed by atoms with Gasteiger partial charge in [0.15, 0.2) is 0 Å². The van der Waals surface area contributed by atoms with Crippen LogP contribution in [0.15, 0.2) is 48.5 Å². The molecule has 1 heterocycles. The molecule has 8 heteroatoms. The van der Waals surface area contributed by atoms with E-state index in [2.05, 4.69) is 10.6 Å². The van der Waals surface area contributed by atoms with Crippen LogP contribution in [-0.2, 0) is 17.4 Å². The number of para-hydroxylation sites is 1. The fourth-order valence-corrected chi connectivity index (χ4v) is 3.15. The van der Waals surface area contributed by atoms with Crippen LogP contribution in [0.1, 0.15) is 24.0 Å². The Morgan fingerprint density at radius 3 is 2.54 bits per heavy atom. The Balaban J connectivity index is 1.56. The first-order valence-electron chi connectivity index (χ1n) is 8.95. The van der Waals surface area contributed by atoms with Gasteiger partial charge in [0, 0.05) is 30.9 Å². The van der Waals surface area contributed by atoms with E-state index in [4.69, 9.17) is 0 Å². The summed E-state index contributed by atoms with van der Waals surface area (Å²) in [6.45, 7) is 0.581. The number of carbonyl (C=O) groups excluding carboxylic acids is 2. The van der Waals surface area contributed by atoms with Crippen LogP contribution in [0.4, 0.5) is 29.3 Å². The van der Waals surface area contributed by atoms with Crippen LogP contribution in [0.5, 0.6) is 0 Å². The quantitative estimate of drug-likeness (QED) is 0.821. The summed E-state index contributed by atoms with van der Waals surface area (Å²) >= 11 is 0. The average molecular weight is 391 g/mol. The summed E-state index contributed by atoms with van der Waals surface area (Å²) in [5.74, 6) is -0.235. The third-order valence-electron chi connectivity index (χ3n) is 4.48. The molecule has 3 rings (SSSR count). The zero-order valence-electron chi connectivity index (χ0n) is 15.1. The molecule has 3 amide bonds. The molecule has 148 valence electrons. The highest BCUT2D eigenvalue weighted by Crippen LogP contribution is 2.35. The van der Waals surface area contributed by atoms with Crippen molar-refractivity contribution in [3.63, 3.8) is 0 Å². The smallest absolute Gasteiger partial charge is 0.337 e. The number of amides is 3. The fourth-order valence-electron chi connectivity index (χ4n) is 3.15. The first kappa shape index (κ1) is 19.7.